The van der Waals surface area contributed by atoms with Crippen molar-refractivity contribution in [3.8, 4) is 0 Å². The summed E-state index contributed by atoms with van der Waals surface area (Å²) in [6.45, 7) is 6.40. The maximum absolute atomic E-state index is 12.9. The molecular weight excluding hydrogens is 424 g/mol. The SMILES string of the molecule is CCNC(=NCc1ccc(F)cc1)NCC(C)c1ccsc1.I. The maximum atomic E-state index is 12.9. The van der Waals surface area contributed by atoms with Gasteiger partial charge in [-0.1, -0.05) is 19.1 Å². The van der Waals surface area contributed by atoms with E-state index < -0.39 is 0 Å². The summed E-state index contributed by atoms with van der Waals surface area (Å²) in [5.41, 5.74) is 2.33. The minimum absolute atomic E-state index is 0. The Bertz CT molecular complexity index is 584. The lowest BCUT2D eigenvalue weighted by molar-refractivity contribution is 0.627. The summed E-state index contributed by atoms with van der Waals surface area (Å²) in [6, 6.07) is 8.60. The van der Waals surface area contributed by atoms with Crippen LogP contribution in [0.25, 0.3) is 0 Å². The zero-order chi connectivity index (χ0) is 15.8. The normalized spacial score (nSPS) is 12.4. The molecule has 0 aliphatic carbocycles. The van der Waals surface area contributed by atoms with Gasteiger partial charge in [0.25, 0.3) is 0 Å². The van der Waals surface area contributed by atoms with Gasteiger partial charge in [0.15, 0.2) is 5.96 Å². The summed E-state index contributed by atoms with van der Waals surface area (Å²) in [6.07, 6.45) is 0. The summed E-state index contributed by atoms with van der Waals surface area (Å²) in [7, 11) is 0. The summed E-state index contributed by atoms with van der Waals surface area (Å²) >= 11 is 1.72. The number of rotatable bonds is 6. The molecule has 0 saturated carbocycles. The Morgan fingerprint density at radius 2 is 1.96 bits per heavy atom. The van der Waals surface area contributed by atoms with E-state index in [2.05, 4.69) is 39.4 Å². The van der Waals surface area contributed by atoms with E-state index in [-0.39, 0.29) is 29.8 Å². The number of nitrogens with zero attached hydrogens (tertiary/aromatic N) is 1. The highest BCUT2D eigenvalue weighted by molar-refractivity contribution is 14.0. The van der Waals surface area contributed by atoms with Crippen molar-refractivity contribution in [2.75, 3.05) is 13.1 Å². The summed E-state index contributed by atoms with van der Waals surface area (Å²) < 4.78 is 12.9. The van der Waals surface area contributed by atoms with E-state index in [0.29, 0.717) is 12.5 Å². The molecule has 1 aromatic carbocycles. The fourth-order valence-electron chi connectivity index (χ4n) is 2.02. The van der Waals surface area contributed by atoms with Gasteiger partial charge in [-0.2, -0.15) is 11.3 Å². The molecule has 2 N–H and O–H groups in total. The first kappa shape index (κ1) is 19.9. The minimum Gasteiger partial charge on any atom is -0.357 e. The van der Waals surface area contributed by atoms with Crippen molar-refractivity contribution in [1.82, 2.24) is 10.6 Å². The number of thiophene rings is 1. The van der Waals surface area contributed by atoms with Crippen molar-refractivity contribution in [2.45, 2.75) is 26.3 Å². The third kappa shape index (κ3) is 6.87. The third-order valence-electron chi connectivity index (χ3n) is 3.37. The van der Waals surface area contributed by atoms with Crippen molar-refractivity contribution in [1.29, 1.82) is 0 Å². The number of hydrogen-bond donors (Lipinski definition) is 2. The quantitative estimate of drug-likeness (QED) is 0.392. The van der Waals surface area contributed by atoms with E-state index in [1.54, 1.807) is 23.5 Å². The van der Waals surface area contributed by atoms with Gasteiger partial charge in [0, 0.05) is 13.1 Å². The predicted octanol–water partition coefficient (Wildman–Crippen LogP) is 4.36. The first-order chi connectivity index (χ1) is 10.7. The molecule has 1 heterocycles. The highest BCUT2D eigenvalue weighted by atomic mass is 127. The van der Waals surface area contributed by atoms with Crippen molar-refractivity contribution in [3.05, 3.63) is 58.0 Å². The Morgan fingerprint density at radius 1 is 1.22 bits per heavy atom. The van der Waals surface area contributed by atoms with Gasteiger partial charge in [0.05, 0.1) is 6.54 Å². The highest BCUT2D eigenvalue weighted by Crippen LogP contribution is 2.17. The van der Waals surface area contributed by atoms with E-state index in [1.165, 1.54) is 17.7 Å². The maximum Gasteiger partial charge on any atom is 0.191 e. The van der Waals surface area contributed by atoms with Gasteiger partial charge in [-0.25, -0.2) is 9.38 Å². The molecule has 3 nitrogen and oxygen atoms in total. The molecule has 0 spiro atoms. The summed E-state index contributed by atoms with van der Waals surface area (Å²) in [4.78, 5) is 4.54. The van der Waals surface area contributed by atoms with Crippen LogP contribution in [-0.4, -0.2) is 19.0 Å². The van der Waals surface area contributed by atoms with Crippen LogP contribution in [0.3, 0.4) is 0 Å². The van der Waals surface area contributed by atoms with Crippen LogP contribution in [-0.2, 0) is 6.54 Å². The zero-order valence-corrected chi connectivity index (χ0v) is 16.5. The first-order valence-electron chi connectivity index (χ1n) is 7.47. The Morgan fingerprint density at radius 3 is 2.57 bits per heavy atom. The van der Waals surface area contributed by atoms with Gasteiger partial charge < -0.3 is 10.6 Å². The zero-order valence-electron chi connectivity index (χ0n) is 13.4. The van der Waals surface area contributed by atoms with Crippen LogP contribution < -0.4 is 10.6 Å². The number of benzene rings is 1. The average Bonchev–Trinajstić information content (AvgIpc) is 3.06. The van der Waals surface area contributed by atoms with E-state index >= 15 is 0 Å². The number of hydrogen-bond acceptors (Lipinski definition) is 2. The molecule has 0 bridgehead atoms. The third-order valence-corrected chi connectivity index (χ3v) is 4.07. The van der Waals surface area contributed by atoms with Crippen molar-refractivity contribution in [2.24, 2.45) is 4.99 Å². The van der Waals surface area contributed by atoms with Gasteiger partial charge in [-0.15, -0.1) is 24.0 Å². The number of halogens is 2. The number of nitrogens with one attached hydrogen (secondary N) is 2. The molecular formula is C17H23FIN3S. The monoisotopic (exact) mass is 447 g/mol. The molecule has 0 aliphatic rings. The topological polar surface area (TPSA) is 36.4 Å². The van der Waals surface area contributed by atoms with Gasteiger partial charge in [-0.05, 0) is 52.9 Å². The molecule has 2 aromatic rings. The Balaban J connectivity index is 0.00000264. The Kier molecular flexibility index (Phi) is 9.16. The standard InChI is InChI=1S/C17H22FN3S.HI/c1-3-19-17(20-10-13(2)15-8-9-22-12-15)21-11-14-4-6-16(18)7-5-14;/h4-9,12-13H,3,10-11H2,1-2H3,(H2,19,20,21);1H. The van der Waals surface area contributed by atoms with Crippen molar-refractivity contribution < 1.29 is 4.39 Å². The van der Waals surface area contributed by atoms with Crippen LogP contribution in [0.5, 0.6) is 0 Å². The lowest BCUT2D eigenvalue weighted by Crippen LogP contribution is -2.39. The van der Waals surface area contributed by atoms with E-state index in [0.717, 1.165) is 24.6 Å². The highest BCUT2D eigenvalue weighted by Gasteiger charge is 2.06. The van der Waals surface area contributed by atoms with Crippen molar-refractivity contribution >= 4 is 41.3 Å². The van der Waals surface area contributed by atoms with Gasteiger partial charge in [0.1, 0.15) is 5.82 Å². The molecule has 6 heteroatoms. The second-order valence-electron chi connectivity index (χ2n) is 5.16. The summed E-state index contributed by atoms with van der Waals surface area (Å²) in [5, 5.41) is 10.9. The molecule has 126 valence electrons. The molecule has 0 amide bonds. The molecule has 1 atom stereocenters. The van der Waals surface area contributed by atoms with Crippen LogP contribution in [0.15, 0.2) is 46.1 Å². The van der Waals surface area contributed by atoms with E-state index in [9.17, 15) is 4.39 Å². The second kappa shape index (κ2) is 10.6. The van der Waals surface area contributed by atoms with Crippen LogP contribution in [0, 0.1) is 5.82 Å². The molecule has 23 heavy (non-hydrogen) atoms. The predicted molar refractivity (Wildman–Crippen MR) is 107 cm³/mol. The fraction of sp³-hybridized carbons (Fsp3) is 0.353. The van der Waals surface area contributed by atoms with E-state index in [4.69, 9.17) is 0 Å². The van der Waals surface area contributed by atoms with Gasteiger partial charge >= 0.3 is 0 Å². The first-order valence-corrected chi connectivity index (χ1v) is 8.42. The van der Waals surface area contributed by atoms with Crippen LogP contribution in [0.4, 0.5) is 4.39 Å². The number of aliphatic imine (C=N–C) groups is 1. The van der Waals surface area contributed by atoms with Gasteiger partial charge in [-0.3, -0.25) is 0 Å². The minimum atomic E-state index is -0.220. The van der Waals surface area contributed by atoms with Crippen LogP contribution in [0.2, 0.25) is 0 Å². The number of guanidine groups is 1. The van der Waals surface area contributed by atoms with E-state index in [1.807, 2.05) is 6.92 Å². The molecule has 0 saturated heterocycles. The molecule has 0 fully saturated rings. The molecule has 2 rings (SSSR count). The average molecular weight is 447 g/mol. The molecule has 1 unspecified atom stereocenters. The lowest BCUT2D eigenvalue weighted by atomic mass is 10.1. The Labute approximate surface area is 158 Å². The second-order valence-corrected chi connectivity index (χ2v) is 5.94. The smallest absolute Gasteiger partial charge is 0.191 e. The Hall–Kier alpha value is -1.15. The van der Waals surface area contributed by atoms with Gasteiger partial charge in [0.2, 0.25) is 0 Å². The van der Waals surface area contributed by atoms with Crippen LogP contribution in [0.1, 0.15) is 30.9 Å². The molecule has 1 aromatic heterocycles. The lowest BCUT2D eigenvalue weighted by Gasteiger charge is -2.15. The van der Waals surface area contributed by atoms with Crippen LogP contribution >= 0.6 is 35.3 Å². The fourth-order valence-corrected chi connectivity index (χ4v) is 2.81. The van der Waals surface area contributed by atoms with Crippen molar-refractivity contribution in [3.63, 3.8) is 0 Å². The molecule has 0 radical (unpaired) electrons. The molecule has 0 aliphatic heterocycles. The summed E-state index contributed by atoms with van der Waals surface area (Å²) in [5.74, 6) is 0.997. The largest absolute Gasteiger partial charge is 0.357 e.